The highest BCUT2D eigenvalue weighted by atomic mass is 79.9. The summed E-state index contributed by atoms with van der Waals surface area (Å²) in [5.41, 5.74) is 0.959. The molecule has 0 amide bonds. The molecule has 3 rings (SSSR count). The maximum absolute atomic E-state index is 12.5. The van der Waals surface area contributed by atoms with Crippen LogP contribution in [0.2, 0.25) is 0 Å². The number of sulfone groups is 1. The number of ether oxygens (including phenoxy) is 1. The van der Waals surface area contributed by atoms with E-state index in [-0.39, 0.29) is 5.75 Å². The molecule has 0 N–H and O–H groups in total. The zero-order chi connectivity index (χ0) is 20.0. The number of thioether (sulfide) groups is 1. The fourth-order valence-corrected chi connectivity index (χ4v) is 5.46. The van der Waals surface area contributed by atoms with Gasteiger partial charge in [0, 0.05) is 22.9 Å². The third kappa shape index (κ3) is 5.22. The van der Waals surface area contributed by atoms with Gasteiger partial charge >= 0.3 is 0 Å². The maximum atomic E-state index is 12.5. The maximum Gasteiger partial charge on any atom is 0.191 e. The summed E-state index contributed by atoms with van der Waals surface area (Å²) in [6, 6.07) is 16.5. The zero-order valence-electron chi connectivity index (χ0n) is 15.3. The third-order valence-electron chi connectivity index (χ3n) is 4.02. The molecule has 0 atom stereocenters. The molecular formula is C19H20BrN3O3S2. The van der Waals surface area contributed by atoms with Gasteiger partial charge in [0.1, 0.15) is 0 Å². The third-order valence-corrected chi connectivity index (χ3v) is 7.51. The highest BCUT2D eigenvalue weighted by Crippen LogP contribution is 2.25. The second-order valence-corrected chi connectivity index (χ2v) is 10.0. The van der Waals surface area contributed by atoms with Crippen molar-refractivity contribution in [1.29, 1.82) is 0 Å². The average molecular weight is 482 g/mol. The minimum atomic E-state index is -3.35. The first-order chi connectivity index (χ1) is 13.5. The molecule has 0 spiro atoms. The molecule has 2 aromatic carbocycles. The van der Waals surface area contributed by atoms with Crippen LogP contribution in [0.4, 0.5) is 0 Å². The molecule has 0 bridgehead atoms. The monoisotopic (exact) mass is 481 g/mol. The van der Waals surface area contributed by atoms with Gasteiger partial charge in [0.15, 0.2) is 20.8 Å². The highest BCUT2D eigenvalue weighted by molar-refractivity contribution is 9.10. The molecule has 0 aliphatic carbocycles. The lowest BCUT2D eigenvalue weighted by Gasteiger charge is -2.10. The second kappa shape index (κ2) is 9.69. The van der Waals surface area contributed by atoms with Crippen LogP contribution in [-0.2, 0) is 21.1 Å². The Morgan fingerprint density at radius 1 is 1.07 bits per heavy atom. The van der Waals surface area contributed by atoms with Gasteiger partial charge in [-0.15, -0.1) is 10.2 Å². The van der Waals surface area contributed by atoms with Crippen LogP contribution in [0.3, 0.4) is 0 Å². The molecule has 1 aromatic heterocycles. The standard InChI is InChI=1S/C19H20BrN3O3S2/c1-26-12-11-23-18(15-5-3-2-4-6-15)21-22-19(23)27-13-14-28(24,25)17-9-7-16(20)8-10-17/h2-10H,11-14H2,1H3. The number of hydrogen-bond donors (Lipinski definition) is 0. The van der Waals surface area contributed by atoms with Gasteiger partial charge in [-0.2, -0.15) is 0 Å². The summed E-state index contributed by atoms with van der Waals surface area (Å²) in [7, 11) is -1.70. The smallest absolute Gasteiger partial charge is 0.191 e. The van der Waals surface area contributed by atoms with E-state index in [1.165, 1.54) is 11.8 Å². The van der Waals surface area contributed by atoms with Crippen LogP contribution in [0.25, 0.3) is 11.4 Å². The van der Waals surface area contributed by atoms with E-state index < -0.39 is 9.84 Å². The predicted octanol–water partition coefficient (Wildman–Crippen LogP) is 3.92. The van der Waals surface area contributed by atoms with Gasteiger partial charge in [0.05, 0.1) is 23.8 Å². The number of rotatable bonds is 9. The summed E-state index contributed by atoms with van der Waals surface area (Å²) in [5.74, 6) is 1.16. The van der Waals surface area contributed by atoms with Gasteiger partial charge in [0.25, 0.3) is 0 Å². The van der Waals surface area contributed by atoms with E-state index in [0.29, 0.717) is 29.0 Å². The molecule has 28 heavy (non-hydrogen) atoms. The molecule has 9 heteroatoms. The van der Waals surface area contributed by atoms with Crippen molar-refractivity contribution in [3.8, 4) is 11.4 Å². The van der Waals surface area contributed by atoms with E-state index in [2.05, 4.69) is 26.1 Å². The van der Waals surface area contributed by atoms with E-state index in [0.717, 1.165) is 15.9 Å². The Morgan fingerprint density at radius 2 is 1.79 bits per heavy atom. The first kappa shape index (κ1) is 21.0. The molecule has 6 nitrogen and oxygen atoms in total. The van der Waals surface area contributed by atoms with Crippen molar-refractivity contribution in [2.24, 2.45) is 0 Å². The Bertz CT molecular complexity index is 1010. The minimum Gasteiger partial charge on any atom is -0.383 e. The molecule has 0 aliphatic heterocycles. The fraction of sp³-hybridized carbons (Fsp3) is 0.263. The number of benzene rings is 2. The van der Waals surface area contributed by atoms with Crippen LogP contribution in [0.1, 0.15) is 0 Å². The van der Waals surface area contributed by atoms with Crippen LogP contribution in [0.15, 0.2) is 69.1 Å². The van der Waals surface area contributed by atoms with E-state index in [1.807, 2.05) is 34.9 Å². The summed E-state index contributed by atoms with van der Waals surface area (Å²) in [4.78, 5) is 0.321. The summed E-state index contributed by atoms with van der Waals surface area (Å²) in [6.07, 6.45) is 0. The fourth-order valence-electron chi connectivity index (χ4n) is 2.58. The number of nitrogens with zero attached hydrogens (tertiary/aromatic N) is 3. The van der Waals surface area contributed by atoms with Crippen molar-refractivity contribution in [2.45, 2.75) is 16.6 Å². The molecule has 0 radical (unpaired) electrons. The summed E-state index contributed by atoms with van der Waals surface area (Å²) in [6.45, 7) is 1.11. The lowest BCUT2D eigenvalue weighted by molar-refractivity contribution is 0.185. The summed E-state index contributed by atoms with van der Waals surface area (Å²) < 4.78 is 33.1. The Morgan fingerprint density at radius 3 is 2.46 bits per heavy atom. The highest BCUT2D eigenvalue weighted by Gasteiger charge is 2.17. The van der Waals surface area contributed by atoms with E-state index in [1.54, 1.807) is 31.4 Å². The molecule has 148 valence electrons. The van der Waals surface area contributed by atoms with Crippen molar-refractivity contribution < 1.29 is 13.2 Å². The first-order valence-electron chi connectivity index (χ1n) is 8.60. The topological polar surface area (TPSA) is 74.1 Å². The zero-order valence-corrected chi connectivity index (χ0v) is 18.5. The first-order valence-corrected chi connectivity index (χ1v) is 12.0. The van der Waals surface area contributed by atoms with E-state index in [4.69, 9.17) is 4.74 Å². The Balaban J connectivity index is 1.73. The molecule has 0 fully saturated rings. The lowest BCUT2D eigenvalue weighted by atomic mass is 10.2. The number of aromatic nitrogens is 3. The van der Waals surface area contributed by atoms with Gasteiger partial charge in [0.2, 0.25) is 0 Å². The van der Waals surface area contributed by atoms with Crippen molar-refractivity contribution in [3.63, 3.8) is 0 Å². The summed E-state index contributed by atoms with van der Waals surface area (Å²) >= 11 is 4.70. The van der Waals surface area contributed by atoms with Crippen LogP contribution >= 0.6 is 27.7 Å². The van der Waals surface area contributed by atoms with E-state index >= 15 is 0 Å². The summed E-state index contributed by atoms with van der Waals surface area (Å²) in [5, 5.41) is 9.26. The normalized spacial score (nSPS) is 11.6. The molecular weight excluding hydrogens is 462 g/mol. The van der Waals surface area contributed by atoms with Crippen LogP contribution in [-0.4, -0.2) is 48.4 Å². The molecule has 0 saturated carbocycles. The van der Waals surface area contributed by atoms with E-state index in [9.17, 15) is 8.42 Å². The van der Waals surface area contributed by atoms with Gasteiger partial charge in [-0.3, -0.25) is 4.57 Å². The molecule has 0 saturated heterocycles. The van der Waals surface area contributed by atoms with Crippen molar-refractivity contribution in [1.82, 2.24) is 14.8 Å². The number of methoxy groups -OCH3 is 1. The molecule has 1 heterocycles. The molecule has 0 aliphatic rings. The second-order valence-electron chi connectivity index (χ2n) is 5.94. The van der Waals surface area contributed by atoms with Gasteiger partial charge in [-0.05, 0) is 24.3 Å². The van der Waals surface area contributed by atoms with Crippen molar-refractivity contribution >= 4 is 37.5 Å². The minimum absolute atomic E-state index is 0.0249. The average Bonchev–Trinajstić information content (AvgIpc) is 3.10. The van der Waals surface area contributed by atoms with Gasteiger partial charge in [-0.25, -0.2) is 8.42 Å². The molecule has 0 unspecified atom stereocenters. The largest absolute Gasteiger partial charge is 0.383 e. The van der Waals surface area contributed by atoms with Crippen LogP contribution in [0.5, 0.6) is 0 Å². The predicted molar refractivity (Wildman–Crippen MR) is 114 cm³/mol. The Kier molecular flexibility index (Phi) is 7.28. The lowest BCUT2D eigenvalue weighted by Crippen LogP contribution is -2.11. The van der Waals surface area contributed by atoms with Gasteiger partial charge < -0.3 is 4.74 Å². The van der Waals surface area contributed by atoms with Gasteiger partial charge in [-0.1, -0.05) is 58.0 Å². The quantitative estimate of drug-likeness (QED) is 0.431. The number of halogens is 1. The molecule has 3 aromatic rings. The Hall–Kier alpha value is -1.68. The van der Waals surface area contributed by atoms with Crippen molar-refractivity contribution in [2.75, 3.05) is 25.2 Å². The van der Waals surface area contributed by atoms with Crippen molar-refractivity contribution in [3.05, 3.63) is 59.1 Å². The van der Waals surface area contributed by atoms with Crippen LogP contribution < -0.4 is 0 Å². The SMILES string of the molecule is COCCn1c(SCCS(=O)(=O)c2ccc(Br)cc2)nnc1-c1ccccc1. The Labute approximate surface area is 177 Å². The number of hydrogen-bond acceptors (Lipinski definition) is 6. The van der Waals surface area contributed by atoms with Crippen LogP contribution in [0, 0.1) is 0 Å².